The Labute approximate surface area is 170 Å². The monoisotopic (exact) mass is 396 g/mol. The molecular formula is C22H28N4O3. The van der Waals surface area contributed by atoms with E-state index in [1.54, 1.807) is 24.0 Å². The molecule has 154 valence electrons. The van der Waals surface area contributed by atoms with Gasteiger partial charge in [0.2, 0.25) is 11.8 Å². The van der Waals surface area contributed by atoms with Gasteiger partial charge in [-0.2, -0.15) is 4.98 Å². The molecule has 1 aromatic heterocycles. The maximum absolute atomic E-state index is 13.1. The Morgan fingerprint density at radius 2 is 1.79 bits per heavy atom. The minimum absolute atomic E-state index is 0.147. The number of aromatic nitrogens is 2. The number of benzene rings is 1. The number of amides is 2. The summed E-state index contributed by atoms with van der Waals surface area (Å²) in [6, 6.07) is 7.30. The van der Waals surface area contributed by atoms with E-state index in [9.17, 15) is 9.59 Å². The van der Waals surface area contributed by atoms with Gasteiger partial charge in [-0.1, -0.05) is 30.8 Å². The van der Waals surface area contributed by atoms with Crippen LogP contribution in [0.1, 0.15) is 79.9 Å². The first-order valence-corrected chi connectivity index (χ1v) is 10.6. The molecule has 0 unspecified atom stereocenters. The number of nitrogens with one attached hydrogen (secondary N) is 1. The first kappa shape index (κ1) is 19.6. The lowest BCUT2D eigenvalue weighted by molar-refractivity contribution is -0.119. The Bertz CT molecular complexity index is 866. The van der Waals surface area contributed by atoms with Crippen molar-refractivity contribution < 1.29 is 14.1 Å². The standard InChI is InChI=1S/C22H28N4O3/c1-16-23-21(25-29-16)22(13-5-2-3-6-14-22)24-20(28)17-9-11-18(12-10-17)26-15-7-4-8-19(26)27/h9-12H,2-8,13-15H2,1H3,(H,24,28). The molecule has 2 fully saturated rings. The van der Waals surface area contributed by atoms with Crippen LogP contribution in [0.4, 0.5) is 5.69 Å². The van der Waals surface area contributed by atoms with Crippen molar-refractivity contribution in [1.29, 1.82) is 0 Å². The van der Waals surface area contributed by atoms with Gasteiger partial charge in [0, 0.05) is 31.1 Å². The summed E-state index contributed by atoms with van der Waals surface area (Å²) in [5.41, 5.74) is 0.832. The molecule has 2 aliphatic rings. The number of carbonyl (C=O) groups is 2. The van der Waals surface area contributed by atoms with Crippen molar-refractivity contribution in [1.82, 2.24) is 15.5 Å². The molecule has 0 radical (unpaired) electrons. The fourth-order valence-electron chi connectivity index (χ4n) is 4.39. The van der Waals surface area contributed by atoms with E-state index >= 15 is 0 Å². The highest BCUT2D eigenvalue weighted by Crippen LogP contribution is 2.35. The van der Waals surface area contributed by atoms with Crippen LogP contribution in [0, 0.1) is 6.92 Å². The highest BCUT2D eigenvalue weighted by molar-refractivity contribution is 5.97. The van der Waals surface area contributed by atoms with Crippen LogP contribution in [0.3, 0.4) is 0 Å². The lowest BCUT2D eigenvalue weighted by atomic mass is 9.88. The summed E-state index contributed by atoms with van der Waals surface area (Å²) in [4.78, 5) is 31.5. The van der Waals surface area contributed by atoms with Gasteiger partial charge in [0.1, 0.15) is 5.54 Å². The second kappa shape index (κ2) is 8.35. The highest BCUT2D eigenvalue weighted by atomic mass is 16.5. The van der Waals surface area contributed by atoms with Gasteiger partial charge < -0.3 is 14.7 Å². The van der Waals surface area contributed by atoms with E-state index in [1.165, 1.54) is 0 Å². The van der Waals surface area contributed by atoms with Crippen LogP contribution in [-0.4, -0.2) is 28.5 Å². The van der Waals surface area contributed by atoms with Crippen molar-refractivity contribution in [2.24, 2.45) is 0 Å². The van der Waals surface area contributed by atoms with Gasteiger partial charge in [-0.25, -0.2) is 0 Å². The van der Waals surface area contributed by atoms with Gasteiger partial charge in [-0.3, -0.25) is 9.59 Å². The van der Waals surface area contributed by atoms with Gasteiger partial charge in [-0.15, -0.1) is 0 Å². The van der Waals surface area contributed by atoms with E-state index in [0.717, 1.165) is 63.6 Å². The van der Waals surface area contributed by atoms with Crippen molar-refractivity contribution in [3.05, 3.63) is 41.5 Å². The number of hydrogen-bond acceptors (Lipinski definition) is 5. The predicted octanol–water partition coefficient (Wildman–Crippen LogP) is 3.87. The smallest absolute Gasteiger partial charge is 0.252 e. The van der Waals surface area contributed by atoms with Gasteiger partial charge >= 0.3 is 0 Å². The Balaban J connectivity index is 1.54. The number of aryl methyl sites for hydroxylation is 1. The van der Waals surface area contributed by atoms with E-state index in [2.05, 4.69) is 15.5 Å². The van der Waals surface area contributed by atoms with Gasteiger partial charge in [0.25, 0.3) is 5.91 Å². The van der Waals surface area contributed by atoms with Crippen LogP contribution in [0.15, 0.2) is 28.8 Å². The van der Waals surface area contributed by atoms with Crippen molar-refractivity contribution in [2.75, 3.05) is 11.4 Å². The summed E-state index contributed by atoms with van der Waals surface area (Å²) in [6.07, 6.45) is 8.49. The number of rotatable bonds is 4. The van der Waals surface area contributed by atoms with Crippen LogP contribution in [-0.2, 0) is 10.3 Å². The second-order valence-electron chi connectivity index (χ2n) is 8.14. The summed E-state index contributed by atoms with van der Waals surface area (Å²) in [5.74, 6) is 1.08. The Kier molecular flexibility index (Phi) is 5.65. The topological polar surface area (TPSA) is 88.3 Å². The number of anilines is 1. The summed E-state index contributed by atoms with van der Waals surface area (Å²) in [7, 11) is 0. The first-order valence-electron chi connectivity index (χ1n) is 10.6. The van der Waals surface area contributed by atoms with Gasteiger partial charge in [-0.05, 0) is 49.9 Å². The predicted molar refractivity (Wildman–Crippen MR) is 109 cm³/mol. The summed E-state index contributed by atoms with van der Waals surface area (Å²) in [5, 5.41) is 7.36. The van der Waals surface area contributed by atoms with Crippen LogP contribution in [0.2, 0.25) is 0 Å². The Hall–Kier alpha value is -2.70. The molecule has 1 saturated carbocycles. The van der Waals surface area contributed by atoms with E-state index in [1.807, 2.05) is 12.1 Å². The van der Waals surface area contributed by atoms with E-state index in [0.29, 0.717) is 23.7 Å². The fourth-order valence-corrected chi connectivity index (χ4v) is 4.39. The van der Waals surface area contributed by atoms with Crippen LogP contribution < -0.4 is 10.2 Å². The molecule has 1 aromatic carbocycles. The van der Waals surface area contributed by atoms with Crippen LogP contribution >= 0.6 is 0 Å². The average Bonchev–Trinajstić information content (AvgIpc) is 3.04. The fraction of sp³-hybridized carbons (Fsp3) is 0.545. The molecule has 1 aliphatic carbocycles. The molecule has 29 heavy (non-hydrogen) atoms. The normalized spacial score (nSPS) is 19.6. The number of carbonyl (C=O) groups excluding carboxylic acids is 2. The van der Waals surface area contributed by atoms with Crippen molar-refractivity contribution in [2.45, 2.75) is 70.3 Å². The van der Waals surface area contributed by atoms with Crippen LogP contribution in [0.5, 0.6) is 0 Å². The zero-order chi connectivity index (χ0) is 20.3. The summed E-state index contributed by atoms with van der Waals surface area (Å²) >= 11 is 0. The zero-order valence-corrected chi connectivity index (χ0v) is 16.9. The van der Waals surface area contributed by atoms with Crippen molar-refractivity contribution in [3.8, 4) is 0 Å². The number of hydrogen-bond donors (Lipinski definition) is 1. The van der Waals surface area contributed by atoms with E-state index in [-0.39, 0.29) is 11.8 Å². The molecular weight excluding hydrogens is 368 g/mol. The number of piperidine rings is 1. The summed E-state index contributed by atoms with van der Waals surface area (Å²) in [6.45, 7) is 2.51. The Morgan fingerprint density at radius 1 is 1.07 bits per heavy atom. The molecule has 0 bridgehead atoms. The number of nitrogens with zero attached hydrogens (tertiary/aromatic N) is 3. The van der Waals surface area contributed by atoms with E-state index in [4.69, 9.17) is 4.52 Å². The molecule has 0 atom stereocenters. The largest absolute Gasteiger partial charge is 0.340 e. The first-order chi connectivity index (χ1) is 14.1. The maximum Gasteiger partial charge on any atom is 0.252 e. The van der Waals surface area contributed by atoms with Crippen molar-refractivity contribution in [3.63, 3.8) is 0 Å². The highest BCUT2D eigenvalue weighted by Gasteiger charge is 2.39. The maximum atomic E-state index is 13.1. The second-order valence-corrected chi connectivity index (χ2v) is 8.14. The van der Waals surface area contributed by atoms with E-state index < -0.39 is 5.54 Å². The van der Waals surface area contributed by atoms with Gasteiger partial charge in [0.15, 0.2) is 5.82 Å². The molecule has 2 amide bonds. The lowest BCUT2D eigenvalue weighted by Gasteiger charge is -2.31. The molecule has 1 N–H and O–H groups in total. The minimum Gasteiger partial charge on any atom is -0.340 e. The third-order valence-corrected chi connectivity index (χ3v) is 6.03. The third kappa shape index (κ3) is 4.18. The average molecular weight is 396 g/mol. The molecule has 1 saturated heterocycles. The summed E-state index contributed by atoms with van der Waals surface area (Å²) < 4.78 is 5.21. The van der Waals surface area contributed by atoms with Crippen LogP contribution in [0.25, 0.3) is 0 Å². The van der Waals surface area contributed by atoms with Gasteiger partial charge in [0.05, 0.1) is 0 Å². The van der Waals surface area contributed by atoms with Crippen molar-refractivity contribution >= 4 is 17.5 Å². The zero-order valence-electron chi connectivity index (χ0n) is 16.9. The minimum atomic E-state index is -0.590. The molecule has 0 spiro atoms. The Morgan fingerprint density at radius 3 is 2.41 bits per heavy atom. The quantitative estimate of drug-likeness (QED) is 0.793. The molecule has 4 rings (SSSR count). The molecule has 2 heterocycles. The molecule has 2 aromatic rings. The SMILES string of the molecule is Cc1nc(C2(NC(=O)c3ccc(N4CCCCC4=O)cc3)CCCCCC2)no1. The molecule has 7 heteroatoms. The lowest BCUT2D eigenvalue weighted by Crippen LogP contribution is -2.46. The molecule has 1 aliphatic heterocycles. The third-order valence-electron chi connectivity index (χ3n) is 6.03. The molecule has 7 nitrogen and oxygen atoms in total.